The Hall–Kier alpha value is -2.42. The van der Waals surface area contributed by atoms with Crippen molar-refractivity contribution in [2.24, 2.45) is 0 Å². The summed E-state index contributed by atoms with van der Waals surface area (Å²) in [5.74, 6) is 0.121. The number of phenolic OH excluding ortho intramolecular Hbond substituents is 1. The first-order valence-electron chi connectivity index (χ1n) is 5.59. The van der Waals surface area contributed by atoms with Crippen molar-refractivity contribution >= 4 is 5.78 Å². The second-order valence-electron chi connectivity index (χ2n) is 3.90. The number of allylic oxidation sites excluding steroid dienone is 1. The van der Waals surface area contributed by atoms with E-state index in [4.69, 9.17) is 0 Å². The van der Waals surface area contributed by atoms with Crippen LogP contribution in [0.2, 0.25) is 0 Å². The third kappa shape index (κ3) is 2.46. The lowest BCUT2D eigenvalue weighted by Gasteiger charge is -2.09. The zero-order chi connectivity index (χ0) is 13.0. The van der Waals surface area contributed by atoms with Gasteiger partial charge in [-0.2, -0.15) is 0 Å². The Kier molecular flexibility index (Phi) is 3.53. The first kappa shape index (κ1) is 12.0. The highest BCUT2D eigenvalue weighted by molar-refractivity contribution is 5.92. The predicted octanol–water partition coefficient (Wildman–Crippen LogP) is 2.75. The summed E-state index contributed by atoms with van der Waals surface area (Å²) >= 11 is 0. The van der Waals surface area contributed by atoms with Crippen molar-refractivity contribution in [3.05, 3.63) is 60.9 Å². The molecule has 3 heteroatoms. The van der Waals surface area contributed by atoms with Crippen LogP contribution in [0.25, 0.3) is 11.1 Å². The van der Waals surface area contributed by atoms with Crippen LogP contribution in [0.3, 0.4) is 0 Å². The third-order valence-corrected chi connectivity index (χ3v) is 2.69. The van der Waals surface area contributed by atoms with Crippen molar-refractivity contribution in [2.75, 3.05) is 0 Å². The van der Waals surface area contributed by atoms with Gasteiger partial charge in [-0.05, 0) is 29.3 Å². The van der Waals surface area contributed by atoms with Gasteiger partial charge in [-0.25, -0.2) is 0 Å². The van der Waals surface area contributed by atoms with Crippen molar-refractivity contribution in [1.82, 2.24) is 4.98 Å². The molecule has 1 heterocycles. The second kappa shape index (κ2) is 5.27. The summed E-state index contributed by atoms with van der Waals surface area (Å²) < 4.78 is 0. The van der Waals surface area contributed by atoms with Gasteiger partial charge in [0.2, 0.25) is 0 Å². The molecule has 90 valence electrons. The summed E-state index contributed by atoms with van der Waals surface area (Å²) in [6.07, 6.45) is 4.81. The second-order valence-corrected chi connectivity index (χ2v) is 3.90. The molecule has 0 fully saturated rings. The fourth-order valence-electron chi connectivity index (χ4n) is 1.79. The lowest BCUT2D eigenvalue weighted by molar-refractivity contribution is -0.114. The van der Waals surface area contributed by atoms with Gasteiger partial charge < -0.3 is 5.11 Å². The van der Waals surface area contributed by atoms with E-state index in [1.165, 1.54) is 6.08 Å². The summed E-state index contributed by atoms with van der Waals surface area (Å²) in [5.41, 5.74) is 2.30. The largest absolute Gasteiger partial charge is 0.507 e. The van der Waals surface area contributed by atoms with Gasteiger partial charge >= 0.3 is 0 Å². The number of nitrogens with zero attached hydrogens (tertiary/aromatic N) is 1. The molecule has 0 unspecified atom stereocenters. The molecule has 0 aliphatic carbocycles. The molecule has 1 aromatic carbocycles. The highest BCUT2D eigenvalue weighted by Gasteiger charge is 2.10. The van der Waals surface area contributed by atoms with Crippen LogP contribution in [-0.4, -0.2) is 15.9 Å². The normalized spacial score (nSPS) is 10.0. The zero-order valence-corrected chi connectivity index (χ0v) is 9.84. The molecule has 0 radical (unpaired) electrons. The SMILES string of the molecule is C=CC(=O)Cc1cnccc1-c1ccccc1O. The average Bonchev–Trinajstić information content (AvgIpc) is 2.40. The van der Waals surface area contributed by atoms with Crippen LogP contribution in [0.15, 0.2) is 55.4 Å². The first-order valence-corrected chi connectivity index (χ1v) is 5.59. The standard InChI is InChI=1S/C15H13NO2/c1-2-12(17)9-11-10-16-8-7-13(11)14-5-3-4-6-15(14)18/h2-8,10,18H,1,9H2. The monoisotopic (exact) mass is 239 g/mol. The molecule has 0 saturated carbocycles. The van der Waals surface area contributed by atoms with E-state index in [2.05, 4.69) is 11.6 Å². The van der Waals surface area contributed by atoms with Gasteiger partial charge in [-0.1, -0.05) is 24.8 Å². The Bertz CT molecular complexity index is 591. The lowest BCUT2D eigenvalue weighted by Crippen LogP contribution is -2.00. The number of carbonyl (C=O) groups excluding carboxylic acids is 1. The maximum Gasteiger partial charge on any atom is 0.159 e. The van der Waals surface area contributed by atoms with E-state index in [1.54, 1.807) is 30.6 Å². The number of hydrogen-bond acceptors (Lipinski definition) is 3. The number of aromatic nitrogens is 1. The highest BCUT2D eigenvalue weighted by atomic mass is 16.3. The number of para-hydroxylation sites is 1. The van der Waals surface area contributed by atoms with Gasteiger partial charge in [0.05, 0.1) is 0 Å². The zero-order valence-electron chi connectivity index (χ0n) is 9.84. The third-order valence-electron chi connectivity index (χ3n) is 2.69. The van der Waals surface area contributed by atoms with Crippen LogP contribution in [0.4, 0.5) is 0 Å². The fourth-order valence-corrected chi connectivity index (χ4v) is 1.79. The molecule has 0 aliphatic heterocycles. The number of phenols is 1. The van der Waals surface area contributed by atoms with Crippen LogP contribution >= 0.6 is 0 Å². The minimum Gasteiger partial charge on any atom is -0.507 e. The van der Waals surface area contributed by atoms with Gasteiger partial charge in [0.25, 0.3) is 0 Å². The highest BCUT2D eigenvalue weighted by Crippen LogP contribution is 2.31. The Balaban J connectivity index is 2.48. The van der Waals surface area contributed by atoms with Gasteiger partial charge in [-0.3, -0.25) is 9.78 Å². The van der Waals surface area contributed by atoms with E-state index in [0.29, 0.717) is 5.56 Å². The number of carbonyl (C=O) groups is 1. The molecule has 0 saturated heterocycles. The quantitative estimate of drug-likeness (QED) is 0.834. The number of hydrogen-bond donors (Lipinski definition) is 1. The Morgan fingerprint density at radius 3 is 2.78 bits per heavy atom. The van der Waals surface area contributed by atoms with E-state index in [9.17, 15) is 9.90 Å². The Labute approximate surface area is 105 Å². The van der Waals surface area contributed by atoms with E-state index < -0.39 is 0 Å². The molecule has 0 bridgehead atoms. The summed E-state index contributed by atoms with van der Waals surface area (Å²) in [6.45, 7) is 3.46. The summed E-state index contributed by atoms with van der Waals surface area (Å²) in [5, 5.41) is 9.85. The molecule has 2 rings (SSSR count). The minimum absolute atomic E-state index is 0.0697. The smallest absolute Gasteiger partial charge is 0.159 e. The van der Waals surface area contributed by atoms with E-state index in [1.807, 2.05) is 12.1 Å². The molecule has 1 aromatic heterocycles. The Morgan fingerprint density at radius 2 is 2.06 bits per heavy atom. The van der Waals surface area contributed by atoms with Crippen molar-refractivity contribution in [1.29, 1.82) is 0 Å². The van der Waals surface area contributed by atoms with Crippen LogP contribution in [0.1, 0.15) is 5.56 Å². The van der Waals surface area contributed by atoms with E-state index >= 15 is 0 Å². The van der Waals surface area contributed by atoms with Crippen LogP contribution in [0, 0.1) is 0 Å². The summed E-state index contributed by atoms with van der Waals surface area (Å²) in [7, 11) is 0. The van der Waals surface area contributed by atoms with E-state index in [-0.39, 0.29) is 18.0 Å². The molecule has 3 nitrogen and oxygen atoms in total. The van der Waals surface area contributed by atoms with Crippen molar-refractivity contribution in [3.63, 3.8) is 0 Å². The van der Waals surface area contributed by atoms with Gasteiger partial charge in [0.1, 0.15) is 5.75 Å². The first-order chi connectivity index (χ1) is 8.72. The Morgan fingerprint density at radius 1 is 1.28 bits per heavy atom. The van der Waals surface area contributed by atoms with Crippen molar-refractivity contribution in [2.45, 2.75) is 6.42 Å². The molecule has 2 aromatic rings. The molecular formula is C15H13NO2. The van der Waals surface area contributed by atoms with Crippen LogP contribution in [-0.2, 0) is 11.2 Å². The maximum absolute atomic E-state index is 11.4. The molecule has 18 heavy (non-hydrogen) atoms. The number of pyridine rings is 1. The molecule has 0 spiro atoms. The summed E-state index contributed by atoms with van der Waals surface area (Å²) in [6, 6.07) is 8.82. The topological polar surface area (TPSA) is 50.2 Å². The van der Waals surface area contributed by atoms with Gasteiger partial charge in [0, 0.05) is 24.4 Å². The van der Waals surface area contributed by atoms with Gasteiger partial charge in [0.15, 0.2) is 5.78 Å². The predicted molar refractivity (Wildman–Crippen MR) is 70.2 cm³/mol. The van der Waals surface area contributed by atoms with Crippen LogP contribution < -0.4 is 0 Å². The van der Waals surface area contributed by atoms with E-state index in [0.717, 1.165) is 11.1 Å². The maximum atomic E-state index is 11.4. The van der Waals surface area contributed by atoms with Crippen molar-refractivity contribution < 1.29 is 9.90 Å². The minimum atomic E-state index is -0.0697. The number of benzene rings is 1. The number of aromatic hydroxyl groups is 1. The fraction of sp³-hybridized carbons (Fsp3) is 0.0667. The molecule has 0 aliphatic rings. The van der Waals surface area contributed by atoms with Crippen molar-refractivity contribution in [3.8, 4) is 16.9 Å². The summed E-state index contributed by atoms with van der Waals surface area (Å²) in [4.78, 5) is 15.5. The lowest BCUT2D eigenvalue weighted by atomic mass is 9.98. The number of ketones is 1. The average molecular weight is 239 g/mol. The molecule has 0 atom stereocenters. The van der Waals surface area contributed by atoms with Gasteiger partial charge in [-0.15, -0.1) is 0 Å². The number of rotatable bonds is 4. The van der Waals surface area contributed by atoms with Crippen LogP contribution in [0.5, 0.6) is 5.75 Å². The molecular weight excluding hydrogens is 226 g/mol. The molecule has 0 amide bonds. The molecule has 1 N–H and O–H groups in total.